The lowest BCUT2D eigenvalue weighted by atomic mass is 10.2. The van der Waals surface area contributed by atoms with Crippen molar-refractivity contribution in [2.75, 3.05) is 31.1 Å². The molecule has 0 spiro atoms. The van der Waals surface area contributed by atoms with Crippen molar-refractivity contribution in [3.63, 3.8) is 0 Å². The number of para-hydroxylation sites is 1. The summed E-state index contributed by atoms with van der Waals surface area (Å²) in [6, 6.07) is 14.7. The van der Waals surface area contributed by atoms with Crippen molar-refractivity contribution in [3.05, 3.63) is 63.9 Å². The van der Waals surface area contributed by atoms with Crippen molar-refractivity contribution in [1.29, 1.82) is 0 Å². The van der Waals surface area contributed by atoms with Crippen molar-refractivity contribution < 1.29 is 4.79 Å². The minimum atomic E-state index is -0.302. The molecule has 1 amide bonds. The van der Waals surface area contributed by atoms with Crippen LogP contribution in [-0.4, -0.2) is 52.0 Å². The molecule has 2 aromatic carbocycles. The van der Waals surface area contributed by atoms with Crippen molar-refractivity contribution >= 4 is 34.1 Å². The van der Waals surface area contributed by atoms with Gasteiger partial charge in [0, 0.05) is 26.2 Å². The van der Waals surface area contributed by atoms with E-state index in [1.54, 1.807) is 29.2 Å². The molecular weight excluding hydrogens is 366 g/mol. The molecule has 2 heterocycles. The SMILES string of the molecule is O=C(Cn1nnc2ccccc2c1=O)N1CCN(c2ccccc2Cl)CC1. The number of hydrogen-bond acceptors (Lipinski definition) is 5. The maximum Gasteiger partial charge on any atom is 0.278 e. The molecule has 1 fully saturated rings. The van der Waals surface area contributed by atoms with Gasteiger partial charge < -0.3 is 9.80 Å². The van der Waals surface area contributed by atoms with Crippen LogP contribution in [0.15, 0.2) is 53.3 Å². The number of piperazine rings is 1. The number of anilines is 1. The van der Waals surface area contributed by atoms with Gasteiger partial charge in [-0.15, -0.1) is 5.10 Å². The lowest BCUT2D eigenvalue weighted by molar-refractivity contribution is -0.132. The number of aromatic nitrogens is 3. The van der Waals surface area contributed by atoms with Crippen molar-refractivity contribution in [2.45, 2.75) is 6.54 Å². The minimum absolute atomic E-state index is 0.108. The summed E-state index contributed by atoms with van der Waals surface area (Å²) in [5, 5.41) is 9.08. The molecule has 27 heavy (non-hydrogen) atoms. The van der Waals surface area contributed by atoms with Gasteiger partial charge in [0.2, 0.25) is 5.91 Å². The lowest BCUT2D eigenvalue weighted by Gasteiger charge is -2.36. The Balaban J connectivity index is 1.44. The minimum Gasteiger partial charge on any atom is -0.367 e. The summed E-state index contributed by atoms with van der Waals surface area (Å²) in [6.45, 7) is 2.41. The monoisotopic (exact) mass is 383 g/mol. The second-order valence-corrected chi connectivity index (χ2v) is 6.80. The highest BCUT2D eigenvalue weighted by molar-refractivity contribution is 6.33. The van der Waals surface area contributed by atoms with Gasteiger partial charge in [-0.2, -0.15) is 0 Å². The molecule has 0 bridgehead atoms. The zero-order valence-corrected chi connectivity index (χ0v) is 15.3. The normalized spacial score (nSPS) is 14.6. The average Bonchev–Trinajstić information content (AvgIpc) is 2.71. The van der Waals surface area contributed by atoms with Crippen LogP contribution in [0.1, 0.15) is 0 Å². The molecule has 4 rings (SSSR count). The van der Waals surface area contributed by atoms with Gasteiger partial charge in [-0.25, -0.2) is 4.68 Å². The van der Waals surface area contributed by atoms with Gasteiger partial charge in [0.25, 0.3) is 5.56 Å². The summed E-state index contributed by atoms with van der Waals surface area (Å²) >= 11 is 6.25. The molecule has 7 nitrogen and oxygen atoms in total. The number of carbonyl (C=O) groups excluding carboxylic acids is 1. The molecule has 1 aliphatic heterocycles. The zero-order valence-electron chi connectivity index (χ0n) is 14.6. The van der Waals surface area contributed by atoms with Crippen molar-refractivity contribution in [1.82, 2.24) is 19.9 Å². The Morgan fingerprint density at radius 1 is 1.00 bits per heavy atom. The van der Waals surface area contributed by atoms with Crippen LogP contribution in [0.3, 0.4) is 0 Å². The van der Waals surface area contributed by atoms with E-state index in [1.165, 1.54) is 0 Å². The van der Waals surface area contributed by atoms with Crippen LogP contribution in [-0.2, 0) is 11.3 Å². The quantitative estimate of drug-likeness (QED) is 0.689. The molecule has 1 aromatic heterocycles. The summed E-state index contributed by atoms with van der Waals surface area (Å²) in [5.41, 5.74) is 1.20. The Morgan fingerprint density at radius 2 is 1.70 bits per heavy atom. The number of carbonyl (C=O) groups is 1. The third kappa shape index (κ3) is 3.50. The standard InChI is InChI=1S/C19H18ClN5O2/c20-15-6-2-4-8-17(15)23-9-11-24(12-10-23)18(26)13-25-19(27)14-5-1-3-7-16(14)21-22-25/h1-8H,9-13H2. The van der Waals surface area contributed by atoms with Crippen LogP contribution in [0.2, 0.25) is 5.02 Å². The maximum absolute atomic E-state index is 12.6. The molecule has 138 valence electrons. The molecule has 0 radical (unpaired) electrons. The van der Waals surface area contributed by atoms with Gasteiger partial charge >= 0.3 is 0 Å². The van der Waals surface area contributed by atoms with Crippen LogP contribution in [0.25, 0.3) is 10.9 Å². The summed E-state index contributed by atoms with van der Waals surface area (Å²) < 4.78 is 1.13. The van der Waals surface area contributed by atoms with Crippen LogP contribution >= 0.6 is 11.6 Å². The molecular formula is C19H18ClN5O2. The topological polar surface area (TPSA) is 71.3 Å². The molecule has 0 atom stereocenters. The largest absolute Gasteiger partial charge is 0.367 e. The van der Waals surface area contributed by atoms with E-state index in [4.69, 9.17) is 11.6 Å². The molecule has 0 aliphatic carbocycles. The lowest BCUT2D eigenvalue weighted by Crippen LogP contribution is -2.50. The highest BCUT2D eigenvalue weighted by Crippen LogP contribution is 2.26. The van der Waals surface area contributed by atoms with Gasteiger partial charge in [-0.3, -0.25) is 9.59 Å². The summed E-state index contributed by atoms with van der Waals surface area (Å²) in [6.07, 6.45) is 0. The smallest absolute Gasteiger partial charge is 0.278 e. The Kier molecular flexibility index (Phi) is 4.77. The third-order valence-electron chi connectivity index (χ3n) is 4.74. The van der Waals surface area contributed by atoms with Crippen LogP contribution < -0.4 is 10.5 Å². The van der Waals surface area contributed by atoms with E-state index in [2.05, 4.69) is 15.2 Å². The van der Waals surface area contributed by atoms with Gasteiger partial charge in [-0.1, -0.05) is 41.1 Å². The number of nitrogens with zero attached hydrogens (tertiary/aromatic N) is 5. The van der Waals surface area contributed by atoms with E-state index < -0.39 is 0 Å². The van der Waals surface area contributed by atoms with Gasteiger partial charge in [-0.05, 0) is 24.3 Å². The van der Waals surface area contributed by atoms with Crippen LogP contribution in [0.5, 0.6) is 0 Å². The molecule has 0 N–H and O–H groups in total. The van der Waals surface area contributed by atoms with Crippen LogP contribution in [0, 0.1) is 0 Å². The van der Waals surface area contributed by atoms with E-state index >= 15 is 0 Å². The third-order valence-corrected chi connectivity index (χ3v) is 5.06. The first kappa shape index (κ1) is 17.5. The second kappa shape index (κ2) is 7.36. The highest BCUT2D eigenvalue weighted by atomic mass is 35.5. The number of benzene rings is 2. The molecule has 3 aromatic rings. The van der Waals surface area contributed by atoms with Crippen molar-refractivity contribution in [2.24, 2.45) is 0 Å². The first-order valence-electron chi connectivity index (χ1n) is 8.73. The Morgan fingerprint density at radius 3 is 2.48 bits per heavy atom. The zero-order chi connectivity index (χ0) is 18.8. The average molecular weight is 384 g/mol. The molecule has 0 unspecified atom stereocenters. The van der Waals surface area contributed by atoms with E-state index in [9.17, 15) is 9.59 Å². The summed E-state index contributed by atoms with van der Waals surface area (Å²) in [4.78, 5) is 29.0. The summed E-state index contributed by atoms with van der Waals surface area (Å²) in [7, 11) is 0. The maximum atomic E-state index is 12.6. The van der Waals surface area contributed by atoms with Crippen molar-refractivity contribution in [3.8, 4) is 0 Å². The number of rotatable bonds is 3. The highest BCUT2D eigenvalue weighted by Gasteiger charge is 2.23. The number of fused-ring (bicyclic) bond motifs is 1. The van der Waals surface area contributed by atoms with Gasteiger partial charge in [0.05, 0.1) is 16.1 Å². The Labute approximate surface area is 160 Å². The fraction of sp³-hybridized carbons (Fsp3) is 0.263. The fourth-order valence-electron chi connectivity index (χ4n) is 3.26. The molecule has 1 aliphatic rings. The molecule has 1 saturated heterocycles. The van der Waals surface area contributed by atoms with E-state index in [1.807, 2.05) is 24.3 Å². The fourth-order valence-corrected chi connectivity index (χ4v) is 3.52. The van der Waals surface area contributed by atoms with Gasteiger partial charge in [0.15, 0.2) is 0 Å². The number of halogens is 1. The Hall–Kier alpha value is -2.93. The molecule has 8 heteroatoms. The first-order chi connectivity index (χ1) is 13.1. The van der Waals surface area contributed by atoms with Crippen LogP contribution in [0.4, 0.5) is 5.69 Å². The predicted molar refractivity (Wildman–Crippen MR) is 104 cm³/mol. The number of amides is 1. The number of hydrogen-bond donors (Lipinski definition) is 0. The Bertz CT molecular complexity index is 1040. The predicted octanol–water partition coefficient (Wildman–Crippen LogP) is 1.79. The van der Waals surface area contributed by atoms with Gasteiger partial charge in [0.1, 0.15) is 12.1 Å². The van der Waals surface area contributed by atoms with E-state index in [-0.39, 0.29) is 18.0 Å². The second-order valence-electron chi connectivity index (χ2n) is 6.39. The van der Waals surface area contributed by atoms with E-state index in [0.717, 1.165) is 10.4 Å². The molecule has 0 saturated carbocycles. The summed E-state index contributed by atoms with van der Waals surface area (Å²) in [5.74, 6) is -0.138. The van der Waals surface area contributed by atoms with E-state index in [0.29, 0.717) is 42.1 Å². The first-order valence-corrected chi connectivity index (χ1v) is 9.11.